The number of hydrogen-bond donors (Lipinski definition) is 4. The van der Waals surface area contributed by atoms with Crippen molar-refractivity contribution in [1.82, 2.24) is 4.90 Å². The summed E-state index contributed by atoms with van der Waals surface area (Å²) in [5.41, 5.74) is 9.10. The Bertz CT molecular complexity index is 1050. The van der Waals surface area contributed by atoms with E-state index in [-0.39, 0.29) is 37.4 Å². The summed E-state index contributed by atoms with van der Waals surface area (Å²) >= 11 is 0. The molecule has 0 unspecified atom stereocenters. The standard InChI is InChI=1S/C25H30FN3O5/c26-21-12-29(24(32)14-31)7-6-23(21)34-22-5-4-16(8-17(22)11-27)15-2-1-3-19(9-15)28-25(33)20-10-18(20)13-30/h1-5,8-9,18,20-21,23,30-31H,6-7,10-14,27H2,(H,28,33)/t18-,20-,21-,23+/m1/s1. The zero-order valence-electron chi connectivity index (χ0n) is 18.8. The predicted molar refractivity (Wildman–Crippen MR) is 125 cm³/mol. The van der Waals surface area contributed by atoms with Crippen LogP contribution in [0.5, 0.6) is 5.75 Å². The molecular formula is C25H30FN3O5. The number of nitrogens with one attached hydrogen (secondary N) is 1. The molecule has 34 heavy (non-hydrogen) atoms. The van der Waals surface area contributed by atoms with Crippen molar-refractivity contribution in [3.05, 3.63) is 48.0 Å². The number of anilines is 1. The number of halogens is 1. The highest BCUT2D eigenvalue weighted by Crippen LogP contribution is 2.39. The van der Waals surface area contributed by atoms with Crippen molar-refractivity contribution in [2.45, 2.75) is 31.7 Å². The Morgan fingerprint density at radius 3 is 2.65 bits per heavy atom. The summed E-state index contributed by atoms with van der Waals surface area (Å²) in [5.74, 6) is -0.169. The average molecular weight is 472 g/mol. The van der Waals surface area contributed by atoms with Gasteiger partial charge in [0.1, 0.15) is 18.5 Å². The number of carbonyl (C=O) groups excluding carboxylic acids is 2. The van der Waals surface area contributed by atoms with Crippen LogP contribution in [0.4, 0.5) is 10.1 Å². The summed E-state index contributed by atoms with van der Waals surface area (Å²) in [6.07, 6.45) is -1.05. The number of benzene rings is 2. The molecule has 1 aliphatic heterocycles. The van der Waals surface area contributed by atoms with Crippen LogP contribution in [0, 0.1) is 11.8 Å². The van der Waals surface area contributed by atoms with Crippen LogP contribution >= 0.6 is 0 Å². The molecule has 2 aromatic carbocycles. The van der Waals surface area contributed by atoms with E-state index in [0.29, 0.717) is 30.8 Å². The van der Waals surface area contributed by atoms with E-state index >= 15 is 0 Å². The van der Waals surface area contributed by atoms with Crippen LogP contribution in [0.2, 0.25) is 0 Å². The normalized spacial score (nSPS) is 23.9. The first-order valence-corrected chi connectivity index (χ1v) is 11.5. The van der Waals surface area contributed by atoms with E-state index in [1.54, 1.807) is 6.07 Å². The lowest BCUT2D eigenvalue weighted by atomic mass is 10.0. The van der Waals surface area contributed by atoms with Gasteiger partial charge in [-0.3, -0.25) is 9.59 Å². The Morgan fingerprint density at radius 2 is 1.97 bits per heavy atom. The van der Waals surface area contributed by atoms with E-state index < -0.39 is 24.8 Å². The van der Waals surface area contributed by atoms with Crippen molar-refractivity contribution in [1.29, 1.82) is 0 Å². The minimum atomic E-state index is -1.37. The fourth-order valence-corrected chi connectivity index (χ4v) is 4.32. The summed E-state index contributed by atoms with van der Waals surface area (Å²) in [4.78, 5) is 25.2. The molecule has 1 aliphatic carbocycles. The zero-order chi connectivity index (χ0) is 24.2. The van der Waals surface area contributed by atoms with E-state index in [0.717, 1.165) is 16.7 Å². The number of aliphatic hydroxyl groups excluding tert-OH is 2. The Kier molecular flexibility index (Phi) is 7.45. The van der Waals surface area contributed by atoms with E-state index in [4.69, 9.17) is 15.6 Å². The Hall–Kier alpha value is -3.01. The summed E-state index contributed by atoms with van der Waals surface area (Å²) in [5, 5.41) is 21.1. The molecule has 2 aliphatic rings. The van der Waals surface area contributed by atoms with Crippen molar-refractivity contribution in [2.24, 2.45) is 17.6 Å². The lowest BCUT2D eigenvalue weighted by Crippen LogP contribution is -2.50. The Labute approximate surface area is 197 Å². The number of carbonyl (C=O) groups is 2. The molecular weight excluding hydrogens is 441 g/mol. The van der Waals surface area contributed by atoms with Gasteiger partial charge in [-0.25, -0.2) is 4.39 Å². The highest BCUT2D eigenvalue weighted by Gasteiger charge is 2.42. The first-order chi connectivity index (χ1) is 16.4. The number of piperidine rings is 1. The summed E-state index contributed by atoms with van der Waals surface area (Å²) in [7, 11) is 0. The quantitative estimate of drug-likeness (QED) is 0.464. The van der Waals surface area contributed by atoms with Gasteiger partial charge in [0.15, 0.2) is 6.17 Å². The number of ether oxygens (including phenoxy) is 1. The van der Waals surface area contributed by atoms with Crippen LogP contribution in [0.15, 0.2) is 42.5 Å². The van der Waals surface area contributed by atoms with Crippen LogP contribution in [0.25, 0.3) is 11.1 Å². The number of amides is 2. The molecule has 2 fully saturated rings. The molecule has 1 heterocycles. The van der Waals surface area contributed by atoms with Gasteiger partial charge < -0.3 is 30.9 Å². The maximum absolute atomic E-state index is 14.6. The molecule has 0 spiro atoms. The maximum Gasteiger partial charge on any atom is 0.248 e. The lowest BCUT2D eigenvalue weighted by molar-refractivity contribution is -0.138. The highest BCUT2D eigenvalue weighted by atomic mass is 19.1. The molecule has 0 aromatic heterocycles. The van der Waals surface area contributed by atoms with Crippen LogP contribution in [-0.4, -0.2) is 65.5 Å². The Morgan fingerprint density at radius 1 is 1.18 bits per heavy atom. The number of hydrogen-bond acceptors (Lipinski definition) is 6. The van der Waals surface area contributed by atoms with Gasteiger partial charge in [0.05, 0.1) is 6.54 Å². The second-order valence-electron chi connectivity index (χ2n) is 8.84. The molecule has 4 atom stereocenters. The van der Waals surface area contributed by atoms with Crippen molar-refractivity contribution < 1.29 is 28.9 Å². The van der Waals surface area contributed by atoms with Crippen molar-refractivity contribution in [3.63, 3.8) is 0 Å². The van der Waals surface area contributed by atoms with Gasteiger partial charge in [-0.1, -0.05) is 18.2 Å². The van der Waals surface area contributed by atoms with Crippen molar-refractivity contribution in [3.8, 4) is 16.9 Å². The van der Waals surface area contributed by atoms with Gasteiger partial charge in [0, 0.05) is 43.3 Å². The Balaban J connectivity index is 1.44. The number of nitrogens with zero attached hydrogens (tertiary/aromatic N) is 1. The first-order valence-electron chi connectivity index (χ1n) is 11.5. The van der Waals surface area contributed by atoms with E-state index in [9.17, 15) is 19.1 Å². The maximum atomic E-state index is 14.6. The minimum Gasteiger partial charge on any atom is -0.487 e. The third-order valence-electron chi connectivity index (χ3n) is 6.49. The molecule has 2 amide bonds. The van der Waals surface area contributed by atoms with Crippen LogP contribution < -0.4 is 15.8 Å². The van der Waals surface area contributed by atoms with Gasteiger partial charge in [-0.15, -0.1) is 0 Å². The molecule has 1 saturated heterocycles. The summed E-state index contributed by atoms with van der Waals surface area (Å²) in [6.45, 7) is -0.205. The van der Waals surface area contributed by atoms with Crippen molar-refractivity contribution in [2.75, 3.05) is 31.6 Å². The van der Waals surface area contributed by atoms with Gasteiger partial charge in [-0.05, 0) is 47.7 Å². The van der Waals surface area contributed by atoms with Crippen LogP contribution in [0.3, 0.4) is 0 Å². The summed E-state index contributed by atoms with van der Waals surface area (Å²) < 4.78 is 20.6. The summed E-state index contributed by atoms with van der Waals surface area (Å²) in [6, 6.07) is 13.0. The van der Waals surface area contributed by atoms with Gasteiger partial charge >= 0.3 is 0 Å². The fourth-order valence-electron chi connectivity index (χ4n) is 4.32. The molecule has 1 saturated carbocycles. The second kappa shape index (κ2) is 10.5. The number of nitrogens with two attached hydrogens (primary N) is 1. The highest BCUT2D eigenvalue weighted by molar-refractivity contribution is 5.95. The molecule has 0 bridgehead atoms. The van der Waals surface area contributed by atoms with E-state index in [1.165, 1.54) is 4.90 Å². The van der Waals surface area contributed by atoms with E-state index in [1.807, 2.05) is 36.4 Å². The van der Waals surface area contributed by atoms with Gasteiger partial charge in [-0.2, -0.15) is 0 Å². The molecule has 0 radical (unpaired) electrons. The topological polar surface area (TPSA) is 125 Å². The monoisotopic (exact) mass is 471 g/mol. The molecule has 5 N–H and O–H groups in total. The van der Waals surface area contributed by atoms with Crippen LogP contribution in [-0.2, 0) is 16.1 Å². The van der Waals surface area contributed by atoms with E-state index in [2.05, 4.69) is 5.32 Å². The number of rotatable bonds is 8. The number of likely N-dealkylation sites (tertiary alicyclic amines) is 1. The predicted octanol–water partition coefficient (Wildman–Crippen LogP) is 1.69. The largest absolute Gasteiger partial charge is 0.487 e. The number of aliphatic hydroxyl groups is 2. The number of alkyl halides is 1. The zero-order valence-corrected chi connectivity index (χ0v) is 18.8. The fraction of sp³-hybridized carbons (Fsp3) is 0.440. The van der Waals surface area contributed by atoms with Crippen LogP contribution in [0.1, 0.15) is 18.4 Å². The van der Waals surface area contributed by atoms with Gasteiger partial charge in [0.25, 0.3) is 0 Å². The second-order valence-corrected chi connectivity index (χ2v) is 8.84. The molecule has 9 heteroatoms. The third kappa shape index (κ3) is 5.38. The minimum absolute atomic E-state index is 0.0253. The lowest BCUT2D eigenvalue weighted by Gasteiger charge is -2.34. The first kappa shape index (κ1) is 24.1. The average Bonchev–Trinajstić information content (AvgIpc) is 3.65. The van der Waals surface area contributed by atoms with Gasteiger partial charge in [0.2, 0.25) is 11.8 Å². The molecule has 182 valence electrons. The third-order valence-corrected chi connectivity index (χ3v) is 6.49. The molecule has 2 aromatic rings. The molecule has 8 nitrogen and oxygen atoms in total. The SMILES string of the molecule is NCc1cc(-c2cccc(NC(=O)[C@@H]3C[C@@H]3CO)c2)ccc1O[C@H]1CCN(C(=O)CO)C[C@H]1F. The molecule has 4 rings (SSSR count). The smallest absolute Gasteiger partial charge is 0.248 e. The van der Waals surface area contributed by atoms with Crippen molar-refractivity contribution >= 4 is 17.5 Å².